The summed E-state index contributed by atoms with van der Waals surface area (Å²) in [6.45, 7) is 0.921. The minimum atomic E-state index is 0.114. The first-order valence-electron chi connectivity index (χ1n) is 5.88. The van der Waals surface area contributed by atoms with Gasteiger partial charge in [0.1, 0.15) is 0 Å². The van der Waals surface area contributed by atoms with Crippen LogP contribution in [0.2, 0.25) is 4.34 Å². The second-order valence-electron chi connectivity index (χ2n) is 4.31. The maximum absolute atomic E-state index is 6.12. The Balaban J connectivity index is 1.76. The van der Waals surface area contributed by atoms with Crippen LogP contribution in [0.15, 0.2) is 12.1 Å². The van der Waals surface area contributed by atoms with Gasteiger partial charge in [0.2, 0.25) is 0 Å². The average molecular weight is 260 g/mol. The molecule has 1 aromatic heterocycles. The fourth-order valence-corrected chi connectivity index (χ4v) is 3.17. The van der Waals surface area contributed by atoms with Crippen LogP contribution in [0.3, 0.4) is 0 Å². The van der Waals surface area contributed by atoms with E-state index in [0.29, 0.717) is 6.10 Å². The molecule has 2 heterocycles. The summed E-state index contributed by atoms with van der Waals surface area (Å²) >= 11 is 7.47. The summed E-state index contributed by atoms with van der Waals surface area (Å²) in [5.41, 5.74) is 6.12. The van der Waals surface area contributed by atoms with Crippen LogP contribution >= 0.6 is 22.9 Å². The Bertz CT molecular complexity index is 323. The minimum Gasteiger partial charge on any atom is -0.378 e. The highest BCUT2D eigenvalue weighted by Gasteiger charge is 2.16. The summed E-state index contributed by atoms with van der Waals surface area (Å²) in [6, 6.07) is 4.06. The standard InChI is InChI=1S/C12H18ClNOS/c13-12-7-6-11(16-12)10(14)5-4-9-3-1-2-8-15-9/h6-7,9-10H,1-5,8,14H2. The molecule has 0 saturated carbocycles. The van der Waals surface area contributed by atoms with Crippen molar-refractivity contribution < 1.29 is 4.74 Å². The molecule has 90 valence electrons. The van der Waals surface area contributed by atoms with Crippen LogP contribution in [0.1, 0.15) is 43.0 Å². The van der Waals surface area contributed by atoms with Gasteiger partial charge in [-0.2, -0.15) is 0 Å². The van der Waals surface area contributed by atoms with Crippen LogP contribution in [0.25, 0.3) is 0 Å². The summed E-state index contributed by atoms with van der Waals surface area (Å²) in [4.78, 5) is 1.18. The average Bonchev–Trinajstić information content (AvgIpc) is 2.74. The van der Waals surface area contributed by atoms with Crippen LogP contribution in [0.5, 0.6) is 0 Å². The molecule has 0 aromatic carbocycles. The van der Waals surface area contributed by atoms with Crippen LogP contribution in [-0.4, -0.2) is 12.7 Å². The normalized spacial score (nSPS) is 23.2. The van der Waals surface area contributed by atoms with Crippen molar-refractivity contribution in [3.8, 4) is 0 Å². The molecule has 2 rings (SSSR count). The van der Waals surface area contributed by atoms with E-state index >= 15 is 0 Å². The van der Waals surface area contributed by atoms with E-state index in [-0.39, 0.29) is 6.04 Å². The van der Waals surface area contributed by atoms with E-state index in [4.69, 9.17) is 22.1 Å². The van der Waals surface area contributed by atoms with Crippen LogP contribution in [-0.2, 0) is 4.74 Å². The molecular weight excluding hydrogens is 242 g/mol. The second-order valence-corrected chi connectivity index (χ2v) is 6.06. The molecular formula is C12H18ClNOS. The molecule has 4 heteroatoms. The van der Waals surface area contributed by atoms with Gasteiger partial charge in [0.05, 0.1) is 10.4 Å². The van der Waals surface area contributed by atoms with Gasteiger partial charge in [0, 0.05) is 17.5 Å². The molecule has 2 atom stereocenters. The third-order valence-corrected chi connectivity index (χ3v) is 4.40. The summed E-state index contributed by atoms with van der Waals surface area (Å²) in [5.74, 6) is 0. The van der Waals surface area contributed by atoms with Crippen LogP contribution in [0, 0.1) is 0 Å². The monoisotopic (exact) mass is 259 g/mol. The zero-order valence-electron chi connectivity index (χ0n) is 9.32. The van der Waals surface area contributed by atoms with Crippen molar-refractivity contribution in [1.29, 1.82) is 0 Å². The highest BCUT2D eigenvalue weighted by molar-refractivity contribution is 7.16. The van der Waals surface area contributed by atoms with Gasteiger partial charge >= 0.3 is 0 Å². The molecule has 0 radical (unpaired) electrons. The zero-order valence-corrected chi connectivity index (χ0v) is 10.9. The fourth-order valence-electron chi connectivity index (χ4n) is 2.07. The Morgan fingerprint density at radius 2 is 2.38 bits per heavy atom. The van der Waals surface area contributed by atoms with E-state index in [0.717, 1.165) is 23.8 Å². The van der Waals surface area contributed by atoms with Crippen molar-refractivity contribution >= 4 is 22.9 Å². The predicted molar refractivity (Wildman–Crippen MR) is 69.1 cm³/mol. The van der Waals surface area contributed by atoms with Crippen molar-refractivity contribution in [2.75, 3.05) is 6.61 Å². The van der Waals surface area contributed by atoms with Gasteiger partial charge in [-0.05, 0) is 44.2 Å². The molecule has 0 amide bonds. The number of thiophene rings is 1. The molecule has 1 aliphatic heterocycles. The molecule has 2 nitrogen and oxygen atoms in total. The molecule has 0 bridgehead atoms. The van der Waals surface area contributed by atoms with Crippen molar-refractivity contribution in [2.24, 2.45) is 5.73 Å². The van der Waals surface area contributed by atoms with Gasteiger partial charge in [0.25, 0.3) is 0 Å². The summed E-state index contributed by atoms with van der Waals surface area (Å²) in [5, 5.41) is 0. The lowest BCUT2D eigenvalue weighted by Crippen LogP contribution is -2.21. The first-order chi connectivity index (χ1) is 7.75. The number of hydrogen-bond acceptors (Lipinski definition) is 3. The van der Waals surface area contributed by atoms with E-state index in [9.17, 15) is 0 Å². The summed E-state index contributed by atoms with van der Waals surface area (Å²) in [7, 11) is 0. The number of halogens is 1. The highest BCUT2D eigenvalue weighted by Crippen LogP contribution is 2.29. The lowest BCUT2D eigenvalue weighted by Gasteiger charge is -2.23. The fraction of sp³-hybridized carbons (Fsp3) is 0.667. The first kappa shape index (κ1) is 12.4. The zero-order chi connectivity index (χ0) is 11.4. The van der Waals surface area contributed by atoms with Crippen molar-refractivity contribution in [2.45, 2.75) is 44.2 Å². The van der Waals surface area contributed by atoms with Crippen LogP contribution < -0.4 is 5.73 Å². The number of hydrogen-bond donors (Lipinski definition) is 1. The number of rotatable bonds is 4. The SMILES string of the molecule is NC(CCC1CCCCO1)c1ccc(Cl)s1. The quantitative estimate of drug-likeness (QED) is 0.894. The molecule has 0 aliphatic carbocycles. The van der Waals surface area contributed by atoms with E-state index in [1.54, 1.807) is 11.3 Å². The second kappa shape index (κ2) is 6.01. The molecule has 1 saturated heterocycles. The third-order valence-electron chi connectivity index (χ3n) is 3.03. The van der Waals surface area contributed by atoms with Crippen molar-refractivity contribution in [1.82, 2.24) is 0 Å². The van der Waals surface area contributed by atoms with E-state index in [2.05, 4.69) is 0 Å². The summed E-state index contributed by atoms with van der Waals surface area (Å²) in [6.07, 6.45) is 6.18. The van der Waals surface area contributed by atoms with E-state index in [1.807, 2.05) is 12.1 Å². The van der Waals surface area contributed by atoms with Gasteiger partial charge in [-0.1, -0.05) is 11.6 Å². The lowest BCUT2D eigenvalue weighted by atomic mass is 10.0. The van der Waals surface area contributed by atoms with Gasteiger partial charge < -0.3 is 10.5 Å². The van der Waals surface area contributed by atoms with Crippen molar-refractivity contribution in [3.05, 3.63) is 21.3 Å². The Labute approximate surface area is 106 Å². The minimum absolute atomic E-state index is 0.114. The van der Waals surface area contributed by atoms with E-state index in [1.165, 1.54) is 24.1 Å². The topological polar surface area (TPSA) is 35.2 Å². The Kier molecular flexibility index (Phi) is 4.65. The number of nitrogens with two attached hydrogens (primary N) is 1. The molecule has 16 heavy (non-hydrogen) atoms. The van der Waals surface area contributed by atoms with Gasteiger partial charge in [-0.15, -0.1) is 11.3 Å². The van der Waals surface area contributed by atoms with Gasteiger partial charge in [-0.3, -0.25) is 0 Å². The molecule has 1 fully saturated rings. The van der Waals surface area contributed by atoms with Gasteiger partial charge in [0.15, 0.2) is 0 Å². The molecule has 0 spiro atoms. The van der Waals surface area contributed by atoms with Crippen molar-refractivity contribution in [3.63, 3.8) is 0 Å². The Hall–Kier alpha value is -0.0900. The molecule has 1 aliphatic rings. The molecule has 1 aromatic rings. The maximum atomic E-state index is 6.12. The number of ether oxygens (including phenoxy) is 1. The lowest BCUT2D eigenvalue weighted by molar-refractivity contribution is 0.00917. The molecule has 2 unspecified atom stereocenters. The highest BCUT2D eigenvalue weighted by atomic mass is 35.5. The smallest absolute Gasteiger partial charge is 0.0931 e. The molecule has 2 N–H and O–H groups in total. The summed E-state index contributed by atoms with van der Waals surface area (Å²) < 4.78 is 6.51. The Morgan fingerprint density at radius 3 is 3.00 bits per heavy atom. The third kappa shape index (κ3) is 3.45. The van der Waals surface area contributed by atoms with E-state index < -0.39 is 0 Å². The Morgan fingerprint density at radius 1 is 1.50 bits per heavy atom. The van der Waals surface area contributed by atoms with Gasteiger partial charge in [-0.25, -0.2) is 0 Å². The predicted octanol–water partition coefficient (Wildman–Crippen LogP) is 3.75. The van der Waals surface area contributed by atoms with Crippen LogP contribution in [0.4, 0.5) is 0 Å². The maximum Gasteiger partial charge on any atom is 0.0931 e. The largest absolute Gasteiger partial charge is 0.378 e. The first-order valence-corrected chi connectivity index (χ1v) is 7.07.